The van der Waals surface area contributed by atoms with Crippen molar-refractivity contribution in [3.63, 3.8) is 0 Å². The van der Waals surface area contributed by atoms with Gasteiger partial charge in [-0.1, -0.05) is 23.2 Å². The Hall–Kier alpha value is 0.0200. The summed E-state index contributed by atoms with van der Waals surface area (Å²) in [7, 11) is 0. The van der Waals surface area contributed by atoms with Crippen LogP contribution < -0.4 is 0 Å². The van der Waals surface area contributed by atoms with Crippen LogP contribution in [0.5, 0.6) is 0 Å². The van der Waals surface area contributed by atoms with Crippen LogP contribution in [0.25, 0.3) is 11.4 Å². The van der Waals surface area contributed by atoms with Crippen molar-refractivity contribution in [3.8, 4) is 11.4 Å². The Bertz CT molecular complexity index is 572. The molecule has 1 aromatic carbocycles. The highest BCUT2D eigenvalue weighted by molar-refractivity contribution is 14.1. The molecule has 1 heterocycles. The van der Waals surface area contributed by atoms with Crippen LogP contribution in [0.2, 0.25) is 10.3 Å². The predicted molar refractivity (Wildman–Crippen MR) is 77.9 cm³/mol. The van der Waals surface area contributed by atoms with Crippen LogP contribution in [0.3, 0.4) is 0 Å². The fourth-order valence-electron chi connectivity index (χ4n) is 1.19. The van der Waals surface area contributed by atoms with E-state index in [0.29, 0.717) is 19.4 Å². The number of halogens is 5. The molecule has 88 valence electrons. The fraction of sp³-hybridized carbons (Fsp3) is 0. The molecular weight excluding hydrogens is 445 g/mol. The summed E-state index contributed by atoms with van der Waals surface area (Å²) in [6.45, 7) is 0. The first-order valence-corrected chi connectivity index (χ1v) is 6.96. The highest BCUT2D eigenvalue weighted by Crippen LogP contribution is 2.30. The third kappa shape index (κ3) is 2.89. The molecule has 0 aliphatic carbocycles. The van der Waals surface area contributed by atoms with E-state index in [1.807, 2.05) is 22.6 Å². The van der Waals surface area contributed by atoms with Gasteiger partial charge in [-0.15, -0.1) is 0 Å². The third-order valence-corrected chi connectivity index (χ3v) is 4.80. The lowest BCUT2D eigenvalue weighted by Crippen LogP contribution is -1.94. The molecule has 0 saturated carbocycles. The third-order valence-electron chi connectivity index (χ3n) is 1.94. The predicted octanol–water partition coefficient (Wildman–Crippen LogP) is 4.96. The Morgan fingerprint density at radius 1 is 1.18 bits per heavy atom. The van der Waals surface area contributed by atoms with Gasteiger partial charge < -0.3 is 0 Å². The minimum Gasteiger partial charge on any atom is -0.215 e. The summed E-state index contributed by atoms with van der Waals surface area (Å²) < 4.78 is 14.1. The molecule has 0 radical (unpaired) electrons. The van der Waals surface area contributed by atoms with Gasteiger partial charge in [0.25, 0.3) is 0 Å². The maximum absolute atomic E-state index is 13.0. The van der Waals surface area contributed by atoms with Gasteiger partial charge in [-0.05, 0) is 56.7 Å². The molecule has 17 heavy (non-hydrogen) atoms. The lowest BCUT2D eigenvalue weighted by Gasteiger charge is -2.05. The van der Waals surface area contributed by atoms with Crippen LogP contribution in [0.1, 0.15) is 0 Å². The Labute approximate surface area is 129 Å². The number of hydrogen-bond acceptors (Lipinski definition) is 2. The first kappa shape index (κ1) is 13.5. The largest absolute Gasteiger partial charge is 0.215 e. The highest BCUT2D eigenvalue weighted by Gasteiger charge is 2.13. The maximum atomic E-state index is 13.0. The molecule has 7 heteroatoms. The quantitative estimate of drug-likeness (QED) is 0.456. The Kier molecular flexibility index (Phi) is 4.22. The Balaban J connectivity index is 2.61. The van der Waals surface area contributed by atoms with Gasteiger partial charge in [0.1, 0.15) is 16.1 Å². The molecule has 0 bridgehead atoms. The Morgan fingerprint density at radius 2 is 1.76 bits per heavy atom. The van der Waals surface area contributed by atoms with Crippen molar-refractivity contribution in [3.05, 3.63) is 42.4 Å². The van der Waals surface area contributed by atoms with Crippen molar-refractivity contribution in [2.75, 3.05) is 0 Å². The van der Waals surface area contributed by atoms with Crippen LogP contribution in [0.4, 0.5) is 4.39 Å². The maximum Gasteiger partial charge on any atom is 0.163 e. The van der Waals surface area contributed by atoms with Gasteiger partial charge >= 0.3 is 0 Å². The first-order valence-electron chi connectivity index (χ1n) is 4.33. The number of rotatable bonds is 1. The summed E-state index contributed by atoms with van der Waals surface area (Å²) in [6, 6.07) is 4.22. The molecule has 0 atom stereocenters. The molecule has 0 amide bonds. The molecule has 2 rings (SSSR count). The molecule has 0 fully saturated rings. The van der Waals surface area contributed by atoms with E-state index >= 15 is 0 Å². The summed E-state index contributed by atoms with van der Waals surface area (Å²) >= 11 is 17.0. The minimum atomic E-state index is -0.344. The first-order chi connectivity index (χ1) is 7.99. The smallest absolute Gasteiger partial charge is 0.163 e. The molecule has 2 nitrogen and oxygen atoms in total. The molecular formula is C10H3BrCl2FIN2. The van der Waals surface area contributed by atoms with Crippen molar-refractivity contribution in [1.82, 2.24) is 9.97 Å². The van der Waals surface area contributed by atoms with Crippen molar-refractivity contribution >= 4 is 61.7 Å². The molecule has 2 aromatic rings. The van der Waals surface area contributed by atoms with Crippen molar-refractivity contribution in [2.24, 2.45) is 0 Å². The van der Waals surface area contributed by atoms with E-state index in [2.05, 4.69) is 25.9 Å². The lowest BCUT2D eigenvalue weighted by atomic mass is 10.2. The second kappa shape index (κ2) is 5.34. The van der Waals surface area contributed by atoms with Gasteiger partial charge in [-0.3, -0.25) is 0 Å². The summed E-state index contributed by atoms with van der Waals surface area (Å²) in [5.74, 6) is 0.00983. The normalized spacial score (nSPS) is 10.6. The van der Waals surface area contributed by atoms with Gasteiger partial charge in [0.05, 0.1) is 3.57 Å². The summed E-state index contributed by atoms with van der Waals surface area (Å²) in [5, 5.41) is 0.550. The topological polar surface area (TPSA) is 25.8 Å². The summed E-state index contributed by atoms with van der Waals surface area (Å²) in [5.41, 5.74) is 0.631. The zero-order chi connectivity index (χ0) is 12.6. The van der Waals surface area contributed by atoms with Crippen molar-refractivity contribution < 1.29 is 4.39 Å². The molecule has 1 aromatic heterocycles. The average Bonchev–Trinajstić information content (AvgIpc) is 2.25. The van der Waals surface area contributed by atoms with Crippen LogP contribution in [0, 0.1) is 9.39 Å². The molecule has 0 aliphatic rings. The standard InChI is InChI=1S/C10H3BrCl2FIN2/c11-6-3-4(14)1-2-5(6)10-16-8(12)7(15)9(13)17-10/h1-3H. The zero-order valence-corrected chi connectivity index (χ0v) is 13.3. The Morgan fingerprint density at radius 3 is 2.29 bits per heavy atom. The lowest BCUT2D eigenvalue weighted by molar-refractivity contribution is 0.627. The minimum absolute atomic E-state index is 0.275. The molecule has 0 spiro atoms. The van der Waals surface area contributed by atoms with Gasteiger partial charge in [-0.25, -0.2) is 14.4 Å². The van der Waals surface area contributed by atoms with Gasteiger partial charge in [0.15, 0.2) is 5.82 Å². The van der Waals surface area contributed by atoms with Gasteiger partial charge in [0, 0.05) is 10.0 Å². The van der Waals surface area contributed by atoms with Gasteiger partial charge in [-0.2, -0.15) is 0 Å². The van der Waals surface area contributed by atoms with E-state index in [1.165, 1.54) is 12.1 Å². The fourth-order valence-corrected chi connectivity index (χ4v) is 2.34. The van der Waals surface area contributed by atoms with Crippen LogP contribution >= 0.6 is 61.7 Å². The van der Waals surface area contributed by atoms with Crippen LogP contribution in [-0.4, -0.2) is 9.97 Å². The number of benzene rings is 1. The average molecular weight is 448 g/mol. The van der Waals surface area contributed by atoms with Crippen LogP contribution in [-0.2, 0) is 0 Å². The van der Waals surface area contributed by atoms with E-state index in [-0.39, 0.29) is 16.1 Å². The summed E-state index contributed by atoms with van der Waals surface area (Å²) in [6.07, 6.45) is 0. The monoisotopic (exact) mass is 446 g/mol. The molecule has 0 aliphatic heterocycles. The molecule has 0 saturated heterocycles. The summed E-state index contributed by atoms with van der Waals surface area (Å²) in [4.78, 5) is 8.21. The second-order valence-corrected chi connectivity index (χ2v) is 5.72. The molecule has 0 unspecified atom stereocenters. The van der Waals surface area contributed by atoms with E-state index < -0.39 is 0 Å². The van der Waals surface area contributed by atoms with Crippen molar-refractivity contribution in [2.45, 2.75) is 0 Å². The number of hydrogen-bond donors (Lipinski definition) is 0. The zero-order valence-electron chi connectivity index (χ0n) is 8.02. The van der Waals surface area contributed by atoms with E-state index in [4.69, 9.17) is 23.2 Å². The van der Waals surface area contributed by atoms with E-state index in [0.717, 1.165) is 0 Å². The SMILES string of the molecule is Fc1ccc(-c2nc(Cl)c(I)c(Cl)n2)c(Br)c1. The van der Waals surface area contributed by atoms with Gasteiger partial charge in [0.2, 0.25) is 0 Å². The molecule has 0 N–H and O–H groups in total. The van der Waals surface area contributed by atoms with E-state index in [9.17, 15) is 4.39 Å². The number of nitrogens with zero attached hydrogens (tertiary/aromatic N) is 2. The number of aromatic nitrogens is 2. The van der Waals surface area contributed by atoms with Crippen LogP contribution in [0.15, 0.2) is 22.7 Å². The van der Waals surface area contributed by atoms with Crippen molar-refractivity contribution in [1.29, 1.82) is 0 Å². The van der Waals surface area contributed by atoms with E-state index in [1.54, 1.807) is 6.07 Å². The highest BCUT2D eigenvalue weighted by atomic mass is 127. The second-order valence-electron chi connectivity index (χ2n) is 3.07.